The number of benzene rings is 2. The fraction of sp³-hybridized carbons (Fsp3) is 0.188. The molecule has 0 saturated heterocycles. The molecule has 104 valence electrons. The second-order valence-corrected chi connectivity index (χ2v) is 4.62. The first-order valence-electron chi connectivity index (χ1n) is 6.34. The molecule has 0 bridgehead atoms. The number of anilines is 1. The molecule has 0 aliphatic rings. The summed E-state index contributed by atoms with van der Waals surface area (Å²) in [6.07, 6.45) is 0. The van der Waals surface area contributed by atoms with Gasteiger partial charge in [-0.2, -0.15) is 0 Å². The number of aromatic hydroxyl groups is 1. The van der Waals surface area contributed by atoms with Crippen LogP contribution in [0.3, 0.4) is 0 Å². The lowest BCUT2D eigenvalue weighted by Crippen LogP contribution is -2.20. The highest BCUT2D eigenvalue weighted by molar-refractivity contribution is 5.92. The Hall–Kier alpha value is -2.49. The molecule has 2 rings (SSSR count). The average molecular weight is 271 g/mol. The molecule has 0 unspecified atom stereocenters. The Morgan fingerprint density at radius 2 is 1.95 bits per heavy atom. The van der Waals surface area contributed by atoms with Crippen LogP contribution < -0.4 is 10.1 Å². The molecule has 2 aromatic rings. The standard InChI is InChI=1S/C16H17NO3/c1-11-7-8-12(2)13(9-11)17-16(19)10-20-15-6-4-3-5-14(15)18/h3-9,18H,10H2,1-2H3,(H,17,19). The molecule has 4 nitrogen and oxygen atoms in total. The molecule has 0 spiro atoms. The number of ether oxygens (including phenoxy) is 1. The number of para-hydroxylation sites is 2. The molecule has 1 amide bonds. The van der Waals surface area contributed by atoms with Crippen LogP contribution in [0.25, 0.3) is 0 Å². The van der Waals surface area contributed by atoms with Gasteiger partial charge in [0, 0.05) is 5.69 Å². The maximum Gasteiger partial charge on any atom is 0.262 e. The van der Waals surface area contributed by atoms with Crippen molar-refractivity contribution in [1.29, 1.82) is 0 Å². The largest absolute Gasteiger partial charge is 0.504 e. The van der Waals surface area contributed by atoms with Crippen molar-refractivity contribution in [3.63, 3.8) is 0 Å². The SMILES string of the molecule is Cc1ccc(C)c(NC(=O)COc2ccccc2O)c1. The molecule has 0 fully saturated rings. The Kier molecular flexibility index (Phi) is 4.25. The maximum atomic E-state index is 11.8. The number of hydrogen-bond donors (Lipinski definition) is 2. The highest BCUT2D eigenvalue weighted by Gasteiger charge is 2.07. The van der Waals surface area contributed by atoms with Crippen molar-refractivity contribution in [2.75, 3.05) is 11.9 Å². The quantitative estimate of drug-likeness (QED) is 0.898. The van der Waals surface area contributed by atoms with E-state index in [-0.39, 0.29) is 18.3 Å². The Labute approximate surface area is 118 Å². The lowest BCUT2D eigenvalue weighted by Gasteiger charge is -2.11. The number of phenols is 1. The van der Waals surface area contributed by atoms with Gasteiger partial charge in [-0.15, -0.1) is 0 Å². The van der Waals surface area contributed by atoms with Crippen LogP contribution >= 0.6 is 0 Å². The van der Waals surface area contributed by atoms with Gasteiger partial charge in [-0.25, -0.2) is 0 Å². The predicted octanol–water partition coefficient (Wildman–Crippen LogP) is 3.03. The Morgan fingerprint density at radius 1 is 1.20 bits per heavy atom. The van der Waals surface area contributed by atoms with E-state index in [1.165, 1.54) is 6.07 Å². The number of amides is 1. The molecule has 4 heteroatoms. The van der Waals surface area contributed by atoms with Gasteiger partial charge in [0.25, 0.3) is 5.91 Å². The fourth-order valence-electron chi connectivity index (χ4n) is 1.78. The number of nitrogens with one attached hydrogen (secondary N) is 1. The van der Waals surface area contributed by atoms with Crippen molar-refractivity contribution < 1.29 is 14.6 Å². The highest BCUT2D eigenvalue weighted by atomic mass is 16.5. The summed E-state index contributed by atoms with van der Waals surface area (Å²) in [4.78, 5) is 11.8. The predicted molar refractivity (Wildman–Crippen MR) is 78.1 cm³/mol. The number of hydrogen-bond acceptors (Lipinski definition) is 3. The van der Waals surface area contributed by atoms with E-state index in [2.05, 4.69) is 5.32 Å². The molecule has 0 aliphatic heterocycles. The molecular formula is C16H17NO3. The van der Waals surface area contributed by atoms with Crippen molar-refractivity contribution in [2.24, 2.45) is 0 Å². The van der Waals surface area contributed by atoms with Gasteiger partial charge in [0.2, 0.25) is 0 Å². The van der Waals surface area contributed by atoms with Crippen molar-refractivity contribution in [3.05, 3.63) is 53.6 Å². The van der Waals surface area contributed by atoms with Gasteiger partial charge in [0.15, 0.2) is 18.1 Å². The highest BCUT2D eigenvalue weighted by Crippen LogP contribution is 2.24. The summed E-state index contributed by atoms with van der Waals surface area (Å²) in [7, 11) is 0. The van der Waals surface area contributed by atoms with Crippen LogP contribution in [0.15, 0.2) is 42.5 Å². The van der Waals surface area contributed by atoms with Crippen LogP contribution in [-0.2, 0) is 4.79 Å². The molecule has 0 atom stereocenters. The Morgan fingerprint density at radius 3 is 2.70 bits per heavy atom. The van der Waals surface area contributed by atoms with Crippen LogP contribution in [-0.4, -0.2) is 17.6 Å². The molecule has 0 aromatic heterocycles. The van der Waals surface area contributed by atoms with E-state index in [0.717, 1.165) is 16.8 Å². The maximum absolute atomic E-state index is 11.8. The fourth-order valence-corrected chi connectivity index (χ4v) is 1.78. The third-order valence-corrected chi connectivity index (χ3v) is 2.89. The summed E-state index contributed by atoms with van der Waals surface area (Å²) in [5, 5.41) is 12.3. The van der Waals surface area contributed by atoms with Gasteiger partial charge in [0.05, 0.1) is 0 Å². The van der Waals surface area contributed by atoms with Crippen LogP contribution in [0.4, 0.5) is 5.69 Å². The van der Waals surface area contributed by atoms with Gasteiger partial charge in [-0.05, 0) is 43.2 Å². The van der Waals surface area contributed by atoms with Crippen LogP contribution in [0.5, 0.6) is 11.5 Å². The van der Waals surface area contributed by atoms with Gasteiger partial charge in [-0.1, -0.05) is 24.3 Å². The van der Waals surface area contributed by atoms with E-state index < -0.39 is 0 Å². The zero-order valence-electron chi connectivity index (χ0n) is 11.5. The third kappa shape index (κ3) is 3.51. The molecular weight excluding hydrogens is 254 g/mol. The van der Waals surface area contributed by atoms with Crippen molar-refractivity contribution >= 4 is 11.6 Å². The number of carbonyl (C=O) groups is 1. The van der Waals surface area contributed by atoms with E-state index in [0.29, 0.717) is 5.75 Å². The molecule has 0 heterocycles. The summed E-state index contributed by atoms with van der Waals surface area (Å²) in [6, 6.07) is 12.4. The molecule has 2 aromatic carbocycles. The topological polar surface area (TPSA) is 58.6 Å². The van der Waals surface area contributed by atoms with E-state index in [4.69, 9.17) is 4.74 Å². The van der Waals surface area contributed by atoms with Gasteiger partial charge in [-0.3, -0.25) is 4.79 Å². The van der Waals surface area contributed by atoms with Crippen molar-refractivity contribution in [1.82, 2.24) is 0 Å². The lowest BCUT2D eigenvalue weighted by atomic mass is 10.1. The van der Waals surface area contributed by atoms with Gasteiger partial charge < -0.3 is 15.2 Å². The first kappa shape index (κ1) is 13.9. The smallest absolute Gasteiger partial charge is 0.262 e. The van der Waals surface area contributed by atoms with E-state index in [1.54, 1.807) is 18.2 Å². The molecule has 2 N–H and O–H groups in total. The number of aryl methyl sites for hydroxylation is 2. The summed E-state index contributed by atoms with van der Waals surface area (Å²) in [6.45, 7) is 3.75. The average Bonchev–Trinajstić information content (AvgIpc) is 2.42. The minimum absolute atomic E-state index is 0.0204. The number of rotatable bonds is 4. The summed E-state index contributed by atoms with van der Waals surface area (Å²) in [5.41, 5.74) is 2.84. The molecule has 0 aliphatic carbocycles. The summed E-state index contributed by atoms with van der Waals surface area (Å²) < 4.78 is 5.28. The Bertz CT molecular complexity index is 623. The normalized spacial score (nSPS) is 10.1. The zero-order chi connectivity index (χ0) is 14.5. The van der Waals surface area contributed by atoms with E-state index in [9.17, 15) is 9.90 Å². The molecule has 0 saturated carbocycles. The van der Waals surface area contributed by atoms with E-state index >= 15 is 0 Å². The monoisotopic (exact) mass is 271 g/mol. The second kappa shape index (κ2) is 6.10. The Balaban J connectivity index is 1.96. The van der Waals surface area contributed by atoms with Gasteiger partial charge in [0.1, 0.15) is 0 Å². The minimum atomic E-state index is -0.262. The number of carbonyl (C=O) groups excluding carboxylic acids is 1. The first-order chi connectivity index (χ1) is 9.56. The third-order valence-electron chi connectivity index (χ3n) is 2.89. The lowest BCUT2D eigenvalue weighted by molar-refractivity contribution is -0.118. The first-order valence-corrected chi connectivity index (χ1v) is 6.34. The summed E-state index contributed by atoms with van der Waals surface area (Å²) >= 11 is 0. The minimum Gasteiger partial charge on any atom is -0.504 e. The molecule has 20 heavy (non-hydrogen) atoms. The van der Waals surface area contributed by atoms with Crippen LogP contribution in [0.2, 0.25) is 0 Å². The van der Waals surface area contributed by atoms with Crippen LogP contribution in [0, 0.1) is 13.8 Å². The zero-order valence-corrected chi connectivity index (χ0v) is 11.5. The number of phenolic OH excluding ortho intramolecular Hbond substituents is 1. The summed E-state index contributed by atoms with van der Waals surface area (Å²) in [5.74, 6) is 0.0533. The van der Waals surface area contributed by atoms with Crippen molar-refractivity contribution in [2.45, 2.75) is 13.8 Å². The van der Waals surface area contributed by atoms with Gasteiger partial charge >= 0.3 is 0 Å². The van der Waals surface area contributed by atoms with E-state index in [1.807, 2.05) is 32.0 Å². The van der Waals surface area contributed by atoms with Crippen molar-refractivity contribution in [3.8, 4) is 11.5 Å². The second-order valence-electron chi connectivity index (χ2n) is 4.62. The van der Waals surface area contributed by atoms with Crippen LogP contribution in [0.1, 0.15) is 11.1 Å². The molecule has 0 radical (unpaired) electrons.